The number of fused-ring (bicyclic) bond motifs is 1. The van der Waals surface area contributed by atoms with E-state index in [0.29, 0.717) is 11.3 Å². The molecule has 0 saturated carbocycles. The Hall–Kier alpha value is -2.76. The first kappa shape index (κ1) is 14.2. The molecule has 3 rings (SSSR count). The molecule has 0 bridgehead atoms. The van der Waals surface area contributed by atoms with Crippen molar-refractivity contribution < 1.29 is 4.74 Å². The minimum Gasteiger partial charge on any atom is -0.497 e. The minimum absolute atomic E-state index is 0.282. The zero-order valence-electron chi connectivity index (χ0n) is 12.7. The largest absolute Gasteiger partial charge is 0.497 e. The quantitative estimate of drug-likeness (QED) is 0.889. The Morgan fingerprint density at radius 3 is 2.41 bits per heavy atom. The Balaban J connectivity index is 2.21. The van der Waals surface area contributed by atoms with Crippen LogP contribution in [0, 0.1) is 0 Å². The summed E-state index contributed by atoms with van der Waals surface area (Å²) in [6.07, 6.45) is 3.51. The lowest BCUT2D eigenvalue weighted by Gasteiger charge is -2.25. The smallest absolute Gasteiger partial charge is 0.330 e. The van der Waals surface area contributed by atoms with E-state index in [4.69, 9.17) is 4.74 Å². The van der Waals surface area contributed by atoms with E-state index in [1.165, 1.54) is 11.6 Å². The van der Waals surface area contributed by atoms with Gasteiger partial charge in [0.1, 0.15) is 5.75 Å². The van der Waals surface area contributed by atoms with Crippen LogP contribution in [-0.2, 0) is 14.1 Å². The predicted molar refractivity (Wildman–Crippen MR) is 83.9 cm³/mol. The summed E-state index contributed by atoms with van der Waals surface area (Å²) in [5, 5.41) is 3.19. The summed E-state index contributed by atoms with van der Waals surface area (Å²) in [6, 6.07) is 7.22. The maximum atomic E-state index is 12.5. The third-order valence-corrected chi connectivity index (χ3v) is 3.99. The maximum absolute atomic E-state index is 12.5. The standard InChI is InChI=1S/C16H17N3O3/c1-18-12-8-9-17-14(10-4-6-11(22-3)7-5-10)13(12)15(20)19(2)16(18)21/h4-9,14,17H,1-3H3. The maximum Gasteiger partial charge on any atom is 0.330 e. The fraction of sp³-hybridized carbons (Fsp3) is 0.250. The molecule has 1 aliphatic rings. The molecule has 1 N–H and O–H groups in total. The molecule has 0 spiro atoms. The van der Waals surface area contributed by atoms with Crippen LogP contribution in [0.4, 0.5) is 0 Å². The average molecular weight is 299 g/mol. The van der Waals surface area contributed by atoms with Crippen molar-refractivity contribution in [1.82, 2.24) is 14.5 Å². The molecule has 0 aliphatic carbocycles. The van der Waals surface area contributed by atoms with E-state index in [-0.39, 0.29) is 17.3 Å². The van der Waals surface area contributed by atoms with Gasteiger partial charge in [-0.15, -0.1) is 0 Å². The molecule has 1 atom stereocenters. The molecule has 0 saturated heterocycles. The SMILES string of the molecule is COc1ccc(C2NC=Cc3c2c(=O)n(C)c(=O)n3C)cc1. The van der Waals surface area contributed by atoms with E-state index in [2.05, 4.69) is 5.32 Å². The molecule has 1 unspecified atom stereocenters. The number of nitrogens with zero attached hydrogens (tertiary/aromatic N) is 2. The van der Waals surface area contributed by atoms with Gasteiger partial charge >= 0.3 is 5.69 Å². The average Bonchev–Trinajstić information content (AvgIpc) is 2.57. The molecular formula is C16H17N3O3. The fourth-order valence-electron chi connectivity index (χ4n) is 2.72. The first-order valence-electron chi connectivity index (χ1n) is 6.91. The summed E-state index contributed by atoms with van der Waals surface area (Å²) in [5.74, 6) is 0.753. The second-order valence-electron chi connectivity index (χ2n) is 5.21. The second-order valence-corrected chi connectivity index (χ2v) is 5.21. The van der Waals surface area contributed by atoms with Crippen molar-refractivity contribution in [2.45, 2.75) is 6.04 Å². The van der Waals surface area contributed by atoms with Crippen LogP contribution in [-0.4, -0.2) is 16.2 Å². The van der Waals surface area contributed by atoms with E-state index in [1.807, 2.05) is 24.3 Å². The third kappa shape index (κ3) is 2.04. The Bertz CT molecular complexity index is 860. The first-order chi connectivity index (χ1) is 10.5. The number of methoxy groups -OCH3 is 1. The van der Waals surface area contributed by atoms with Crippen molar-refractivity contribution >= 4 is 6.08 Å². The first-order valence-corrected chi connectivity index (χ1v) is 6.91. The van der Waals surface area contributed by atoms with Gasteiger partial charge in [0.2, 0.25) is 0 Å². The van der Waals surface area contributed by atoms with Gasteiger partial charge in [-0.05, 0) is 30.0 Å². The second kappa shape index (κ2) is 5.22. The summed E-state index contributed by atoms with van der Waals surface area (Å²) in [5.41, 5.74) is 1.52. The van der Waals surface area contributed by atoms with E-state index in [0.717, 1.165) is 15.9 Å². The number of hydrogen-bond donors (Lipinski definition) is 1. The topological polar surface area (TPSA) is 65.3 Å². The van der Waals surface area contributed by atoms with Crippen molar-refractivity contribution in [2.24, 2.45) is 14.1 Å². The lowest BCUT2D eigenvalue weighted by atomic mass is 9.96. The summed E-state index contributed by atoms with van der Waals surface area (Å²) < 4.78 is 7.78. The highest BCUT2D eigenvalue weighted by Crippen LogP contribution is 2.26. The summed E-state index contributed by atoms with van der Waals surface area (Å²) in [7, 11) is 4.77. The fourth-order valence-corrected chi connectivity index (χ4v) is 2.72. The van der Waals surface area contributed by atoms with Crippen LogP contribution in [0.25, 0.3) is 6.08 Å². The van der Waals surface area contributed by atoms with E-state index in [9.17, 15) is 9.59 Å². The minimum atomic E-state index is -0.330. The molecule has 0 amide bonds. The molecular weight excluding hydrogens is 282 g/mol. The van der Waals surface area contributed by atoms with Crippen LogP contribution in [0.2, 0.25) is 0 Å². The van der Waals surface area contributed by atoms with Crippen molar-refractivity contribution in [3.8, 4) is 5.75 Å². The van der Waals surface area contributed by atoms with Crippen molar-refractivity contribution in [3.63, 3.8) is 0 Å². The summed E-state index contributed by atoms with van der Waals surface area (Å²) in [4.78, 5) is 24.6. The van der Waals surface area contributed by atoms with Crippen LogP contribution in [0.1, 0.15) is 22.9 Å². The monoisotopic (exact) mass is 299 g/mol. The van der Waals surface area contributed by atoms with Crippen LogP contribution < -0.4 is 21.3 Å². The number of aromatic nitrogens is 2. The van der Waals surface area contributed by atoms with Crippen molar-refractivity contribution in [3.05, 3.63) is 68.1 Å². The number of ether oxygens (including phenoxy) is 1. The molecule has 0 radical (unpaired) electrons. The molecule has 6 nitrogen and oxygen atoms in total. The van der Waals surface area contributed by atoms with Crippen LogP contribution in [0.15, 0.2) is 40.1 Å². The lowest BCUT2D eigenvalue weighted by molar-refractivity contribution is 0.414. The number of nitrogens with one attached hydrogen (secondary N) is 1. The molecule has 1 aromatic carbocycles. The van der Waals surface area contributed by atoms with Gasteiger partial charge < -0.3 is 10.1 Å². The molecule has 1 aromatic heterocycles. The van der Waals surface area contributed by atoms with Gasteiger partial charge in [-0.2, -0.15) is 0 Å². The molecule has 2 heterocycles. The normalized spacial score (nSPS) is 16.0. The Morgan fingerprint density at radius 1 is 1.09 bits per heavy atom. The van der Waals surface area contributed by atoms with Gasteiger partial charge in [0, 0.05) is 14.1 Å². The third-order valence-electron chi connectivity index (χ3n) is 3.99. The van der Waals surface area contributed by atoms with Gasteiger partial charge in [-0.3, -0.25) is 13.9 Å². The van der Waals surface area contributed by atoms with Crippen LogP contribution in [0.5, 0.6) is 5.75 Å². The highest BCUT2D eigenvalue weighted by atomic mass is 16.5. The van der Waals surface area contributed by atoms with E-state index in [1.54, 1.807) is 26.4 Å². The van der Waals surface area contributed by atoms with Gasteiger partial charge in [0.15, 0.2) is 0 Å². The Labute approximate surface area is 127 Å². The highest BCUT2D eigenvalue weighted by Gasteiger charge is 2.25. The highest BCUT2D eigenvalue weighted by molar-refractivity contribution is 5.55. The van der Waals surface area contributed by atoms with Gasteiger partial charge in [-0.25, -0.2) is 4.79 Å². The molecule has 6 heteroatoms. The number of rotatable bonds is 2. The summed E-state index contributed by atoms with van der Waals surface area (Å²) in [6.45, 7) is 0. The zero-order valence-corrected chi connectivity index (χ0v) is 12.7. The van der Waals surface area contributed by atoms with Crippen molar-refractivity contribution in [2.75, 3.05) is 7.11 Å². The predicted octanol–water partition coefficient (Wildman–Crippen LogP) is 0.756. The number of benzene rings is 1. The Kier molecular flexibility index (Phi) is 3.36. The Morgan fingerprint density at radius 2 is 1.77 bits per heavy atom. The molecule has 1 aliphatic heterocycles. The molecule has 22 heavy (non-hydrogen) atoms. The van der Waals surface area contributed by atoms with Gasteiger partial charge in [0.25, 0.3) is 5.56 Å². The molecule has 0 fully saturated rings. The zero-order chi connectivity index (χ0) is 15.9. The van der Waals surface area contributed by atoms with Crippen LogP contribution >= 0.6 is 0 Å². The lowest BCUT2D eigenvalue weighted by Crippen LogP contribution is -2.43. The van der Waals surface area contributed by atoms with E-state index >= 15 is 0 Å². The van der Waals surface area contributed by atoms with Gasteiger partial charge in [-0.1, -0.05) is 12.1 Å². The van der Waals surface area contributed by atoms with E-state index < -0.39 is 0 Å². The van der Waals surface area contributed by atoms with Gasteiger partial charge in [0.05, 0.1) is 24.4 Å². The van der Waals surface area contributed by atoms with Crippen LogP contribution in [0.3, 0.4) is 0 Å². The number of hydrogen-bond acceptors (Lipinski definition) is 4. The summed E-state index contributed by atoms with van der Waals surface area (Å²) >= 11 is 0. The molecule has 2 aromatic rings. The van der Waals surface area contributed by atoms with Crippen molar-refractivity contribution in [1.29, 1.82) is 0 Å². The molecule has 114 valence electrons.